The van der Waals surface area contributed by atoms with Crippen LogP contribution < -0.4 is 10.3 Å². The number of rotatable bonds is 5. The molecule has 2 aromatic carbocycles. The van der Waals surface area contributed by atoms with E-state index in [4.69, 9.17) is 28.3 Å². The normalized spacial score (nSPS) is 14.2. The van der Waals surface area contributed by atoms with Crippen molar-refractivity contribution in [1.82, 2.24) is 9.78 Å². The highest BCUT2D eigenvalue weighted by Gasteiger charge is 2.23. The lowest BCUT2D eigenvalue weighted by Crippen LogP contribution is -2.22. The fourth-order valence-corrected chi connectivity index (χ4v) is 3.70. The van der Waals surface area contributed by atoms with Crippen LogP contribution in [0.15, 0.2) is 53.6 Å². The SMILES string of the molecule is Cc1nn(-c2ccccc2)c(N2CCCC2)c1/C=N\Nc1ccc(Cl)c(Cl)c1. The van der Waals surface area contributed by atoms with Crippen LogP contribution in [0.1, 0.15) is 24.1 Å². The van der Waals surface area contributed by atoms with Crippen LogP contribution in [0.3, 0.4) is 0 Å². The highest BCUT2D eigenvalue weighted by molar-refractivity contribution is 6.42. The molecule has 1 aliphatic heterocycles. The molecule has 0 aliphatic carbocycles. The minimum Gasteiger partial charge on any atom is -0.356 e. The molecule has 2 heterocycles. The number of nitrogens with zero attached hydrogens (tertiary/aromatic N) is 4. The summed E-state index contributed by atoms with van der Waals surface area (Å²) in [5.41, 5.74) is 6.80. The zero-order valence-electron chi connectivity index (χ0n) is 15.6. The molecule has 0 saturated carbocycles. The van der Waals surface area contributed by atoms with E-state index < -0.39 is 0 Å². The van der Waals surface area contributed by atoms with Crippen molar-refractivity contribution in [3.8, 4) is 5.69 Å². The Morgan fingerprint density at radius 1 is 1.04 bits per heavy atom. The van der Waals surface area contributed by atoms with Crippen molar-refractivity contribution >= 4 is 40.9 Å². The lowest BCUT2D eigenvalue weighted by Gasteiger charge is -2.20. The number of hydrogen-bond donors (Lipinski definition) is 1. The number of hydrogen-bond acceptors (Lipinski definition) is 4. The number of anilines is 2. The van der Waals surface area contributed by atoms with Crippen LogP contribution in [0.5, 0.6) is 0 Å². The monoisotopic (exact) mass is 413 g/mol. The third kappa shape index (κ3) is 3.86. The Balaban J connectivity index is 1.67. The van der Waals surface area contributed by atoms with Gasteiger partial charge in [0.15, 0.2) is 0 Å². The Kier molecular flexibility index (Phi) is 5.55. The smallest absolute Gasteiger partial charge is 0.141 e. The van der Waals surface area contributed by atoms with Gasteiger partial charge in [-0.25, -0.2) is 4.68 Å². The van der Waals surface area contributed by atoms with Crippen LogP contribution >= 0.6 is 23.2 Å². The van der Waals surface area contributed by atoms with Crippen molar-refractivity contribution in [2.24, 2.45) is 5.10 Å². The summed E-state index contributed by atoms with van der Waals surface area (Å²) in [5.74, 6) is 1.08. The van der Waals surface area contributed by atoms with Gasteiger partial charge in [0.1, 0.15) is 5.82 Å². The molecule has 3 aromatic rings. The van der Waals surface area contributed by atoms with E-state index in [1.165, 1.54) is 12.8 Å². The summed E-state index contributed by atoms with van der Waals surface area (Å²) >= 11 is 12.0. The zero-order valence-corrected chi connectivity index (χ0v) is 17.1. The third-order valence-corrected chi connectivity index (χ3v) is 5.53. The number of nitrogens with one attached hydrogen (secondary N) is 1. The lowest BCUT2D eigenvalue weighted by molar-refractivity contribution is 0.815. The van der Waals surface area contributed by atoms with Gasteiger partial charge in [-0.15, -0.1) is 0 Å². The molecular weight excluding hydrogens is 393 g/mol. The number of halogens is 2. The first-order valence-electron chi connectivity index (χ1n) is 9.27. The van der Waals surface area contributed by atoms with E-state index in [0.29, 0.717) is 10.0 Å². The standard InChI is InChI=1S/C21H21Cl2N5/c1-15-18(14-24-25-16-9-10-19(22)20(23)13-16)21(27-11-5-6-12-27)28(26-15)17-7-3-2-4-8-17/h2-4,7-10,13-14,25H,5-6,11-12H2,1H3/b24-14-. The number of aromatic nitrogens is 2. The molecule has 0 bridgehead atoms. The van der Waals surface area contributed by atoms with Gasteiger partial charge in [-0.05, 0) is 50.1 Å². The molecule has 0 unspecified atom stereocenters. The van der Waals surface area contributed by atoms with Crippen molar-refractivity contribution < 1.29 is 0 Å². The van der Waals surface area contributed by atoms with Gasteiger partial charge in [0, 0.05) is 13.1 Å². The summed E-state index contributed by atoms with van der Waals surface area (Å²) in [7, 11) is 0. The molecule has 1 aliphatic rings. The van der Waals surface area contributed by atoms with E-state index in [1.807, 2.05) is 42.1 Å². The lowest BCUT2D eigenvalue weighted by atomic mass is 10.2. The molecule has 28 heavy (non-hydrogen) atoms. The van der Waals surface area contributed by atoms with Crippen molar-refractivity contribution in [1.29, 1.82) is 0 Å². The summed E-state index contributed by atoms with van der Waals surface area (Å²) in [6.45, 7) is 4.07. The summed E-state index contributed by atoms with van der Waals surface area (Å²) in [6, 6.07) is 15.5. The Morgan fingerprint density at radius 3 is 2.50 bits per heavy atom. The summed E-state index contributed by atoms with van der Waals surface area (Å²) in [4.78, 5) is 2.38. The number of aryl methyl sites for hydroxylation is 1. The van der Waals surface area contributed by atoms with E-state index in [1.54, 1.807) is 12.1 Å². The minimum atomic E-state index is 0.493. The third-order valence-electron chi connectivity index (χ3n) is 4.79. The molecule has 5 nitrogen and oxygen atoms in total. The molecule has 1 N–H and O–H groups in total. The van der Waals surface area contributed by atoms with Crippen LogP contribution in [0.25, 0.3) is 5.69 Å². The van der Waals surface area contributed by atoms with Gasteiger partial charge in [-0.2, -0.15) is 10.2 Å². The second-order valence-electron chi connectivity index (χ2n) is 6.76. The van der Waals surface area contributed by atoms with E-state index in [9.17, 15) is 0 Å². The van der Waals surface area contributed by atoms with Crippen LogP contribution in [0.4, 0.5) is 11.5 Å². The van der Waals surface area contributed by atoms with Gasteiger partial charge in [0.2, 0.25) is 0 Å². The van der Waals surface area contributed by atoms with E-state index in [2.05, 4.69) is 27.6 Å². The molecule has 0 atom stereocenters. The molecule has 0 radical (unpaired) electrons. The van der Waals surface area contributed by atoms with Crippen molar-refractivity contribution in [2.75, 3.05) is 23.4 Å². The largest absolute Gasteiger partial charge is 0.356 e. The van der Waals surface area contributed by atoms with E-state index in [0.717, 1.165) is 41.5 Å². The van der Waals surface area contributed by atoms with Gasteiger partial charge in [-0.1, -0.05) is 41.4 Å². The average molecular weight is 414 g/mol. The maximum absolute atomic E-state index is 6.07. The first kappa shape index (κ1) is 18.8. The average Bonchev–Trinajstić information content (AvgIpc) is 3.33. The summed E-state index contributed by atoms with van der Waals surface area (Å²) < 4.78 is 2.02. The zero-order chi connectivity index (χ0) is 19.5. The van der Waals surface area contributed by atoms with E-state index >= 15 is 0 Å². The Morgan fingerprint density at radius 2 is 1.79 bits per heavy atom. The summed E-state index contributed by atoms with van der Waals surface area (Å²) in [6.07, 6.45) is 4.21. The molecule has 0 spiro atoms. The van der Waals surface area contributed by atoms with Crippen molar-refractivity contribution in [3.63, 3.8) is 0 Å². The Labute approximate surface area is 174 Å². The quantitative estimate of drug-likeness (QED) is 0.441. The van der Waals surface area contributed by atoms with Gasteiger partial charge in [0.05, 0.1) is 38.9 Å². The number of benzene rings is 2. The second-order valence-corrected chi connectivity index (χ2v) is 7.58. The number of para-hydroxylation sites is 1. The molecule has 7 heteroatoms. The topological polar surface area (TPSA) is 45.5 Å². The number of hydrazone groups is 1. The van der Waals surface area contributed by atoms with Gasteiger partial charge < -0.3 is 4.90 Å². The molecular formula is C21H21Cl2N5. The predicted molar refractivity (Wildman–Crippen MR) is 117 cm³/mol. The molecule has 1 saturated heterocycles. The first-order chi connectivity index (χ1) is 13.6. The highest BCUT2D eigenvalue weighted by Crippen LogP contribution is 2.29. The minimum absolute atomic E-state index is 0.493. The maximum Gasteiger partial charge on any atom is 0.141 e. The van der Waals surface area contributed by atoms with Gasteiger partial charge >= 0.3 is 0 Å². The summed E-state index contributed by atoms with van der Waals surface area (Å²) in [5, 5.41) is 10.2. The molecule has 0 amide bonds. The van der Waals surface area contributed by atoms with Crippen molar-refractivity contribution in [2.45, 2.75) is 19.8 Å². The van der Waals surface area contributed by atoms with Gasteiger partial charge in [-0.3, -0.25) is 5.43 Å². The van der Waals surface area contributed by atoms with Crippen LogP contribution in [-0.4, -0.2) is 29.1 Å². The van der Waals surface area contributed by atoms with E-state index in [-0.39, 0.29) is 0 Å². The van der Waals surface area contributed by atoms with Crippen LogP contribution in [0, 0.1) is 6.92 Å². The molecule has 4 rings (SSSR count). The van der Waals surface area contributed by atoms with Crippen LogP contribution in [-0.2, 0) is 0 Å². The fourth-order valence-electron chi connectivity index (χ4n) is 3.40. The Bertz CT molecular complexity index is 992. The maximum atomic E-state index is 6.07. The Hall–Kier alpha value is -2.50. The molecule has 144 valence electrons. The van der Waals surface area contributed by atoms with Gasteiger partial charge in [0.25, 0.3) is 0 Å². The molecule has 1 aromatic heterocycles. The fraction of sp³-hybridized carbons (Fsp3) is 0.238. The highest BCUT2D eigenvalue weighted by atomic mass is 35.5. The molecule has 1 fully saturated rings. The van der Waals surface area contributed by atoms with Crippen LogP contribution in [0.2, 0.25) is 10.0 Å². The first-order valence-corrected chi connectivity index (χ1v) is 10.0. The predicted octanol–water partition coefficient (Wildman–Crippen LogP) is 5.53. The second kappa shape index (κ2) is 8.25. The van der Waals surface area contributed by atoms with Crippen molar-refractivity contribution in [3.05, 3.63) is 69.8 Å².